The molecule has 0 bridgehead atoms. The summed E-state index contributed by atoms with van der Waals surface area (Å²) in [6.45, 7) is 3.75. The quantitative estimate of drug-likeness (QED) is 0.883. The molecular formula is C14H17N5. The van der Waals surface area contributed by atoms with Gasteiger partial charge in [-0.25, -0.2) is 15.0 Å². The molecule has 0 aromatic carbocycles. The van der Waals surface area contributed by atoms with Gasteiger partial charge in [-0.3, -0.25) is 0 Å². The summed E-state index contributed by atoms with van der Waals surface area (Å²) in [5, 5.41) is 3.38. The van der Waals surface area contributed by atoms with E-state index in [2.05, 4.69) is 20.3 Å². The van der Waals surface area contributed by atoms with Gasteiger partial charge in [0.25, 0.3) is 0 Å². The predicted molar refractivity (Wildman–Crippen MR) is 74.5 cm³/mol. The lowest BCUT2D eigenvalue weighted by Gasteiger charge is -2.25. The van der Waals surface area contributed by atoms with Crippen LogP contribution in [0.15, 0.2) is 24.4 Å². The molecule has 0 saturated carbocycles. The molecule has 19 heavy (non-hydrogen) atoms. The van der Waals surface area contributed by atoms with Crippen molar-refractivity contribution in [1.82, 2.24) is 20.3 Å². The Morgan fingerprint density at radius 3 is 2.95 bits per heavy atom. The Labute approximate surface area is 112 Å². The van der Waals surface area contributed by atoms with E-state index in [0.717, 1.165) is 42.7 Å². The highest BCUT2D eigenvalue weighted by atomic mass is 15.2. The maximum absolute atomic E-state index is 4.60. The smallest absolute Gasteiger partial charge is 0.142 e. The van der Waals surface area contributed by atoms with Crippen molar-refractivity contribution in [2.45, 2.75) is 19.9 Å². The summed E-state index contributed by atoms with van der Waals surface area (Å²) in [7, 11) is 2.00. The third-order valence-electron chi connectivity index (χ3n) is 3.33. The summed E-state index contributed by atoms with van der Waals surface area (Å²) >= 11 is 0. The molecule has 2 aromatic rings. The van der Waals surface area contributed by atoms with E-state index < -0.39 is 0 Å². The highest BCUT2D eigenvalue weighted by molar-refractivity contribution is 5.60. The molecule has 0 aliphatic carbocycles. The van der Waals surface area contributed by atoms with Gasteiger partial charge in [0, 0.05) is 38.3 Å². The minimum atomic E-state index is 0.818. The molecule has 0 fully saturated rings. The summed E-state index contributed by atoms with van der Waals surface area (Å²) < 4.78 is 0. The standard InChI is InChI=1S/C14H17N5/c1-10-17-12-6-8-15-9-11(12)14(18-10)19(2)13-5-3-4-7-16-13/h3-5,7,15H,6,8-9H2,1-2H3. The molecule has 1 N–H and O–H groups in total. The molecule has 98 valence electrons. The molecule has 5 nitrogen and oxygen atoms in total. The summed E-state index contributed by atoms with van der Waals surface area (Å²) in [6, 6.07) is 5.89. The second-order valence-corrected chi connectivity index (χ2v) is 4.69. The van der Waals surface area contributed by atoms with Crippen LogP contribution in [0.1, 0.15) is 17.1 Å². The first kappa shape index (κ1) is 12.0. The summed E-state index contributed by atoms with van der Waals surface area (Å²) in [5.41, 5.74) is 2.34. The van der Waals surface area contributed by atoms with Gasteiger partial charge >= 0.3 is 0 Å². The van der Waals surface area contributed by atoms with Crippen molar-refractivity contribution in [1.29, 1.82) is 0 Å². The third-order valence-corrected chi connectivity index (χ3v) is 3.33. The van der Waals surface area contributed by atoms with Crippen molar-refractivity contribution in [2.75, 3.05) is 18.5 Å². The number of rotatable bonds is 2. The van der Waals surface area contributed by atoms with E-state index in [1.165, 1.54) is 5.56 Å². The summed E-state index contributed by atoms with van der Waals surface area (Å²) in [6.07, 6.45) is 2.76. The average Bonchev–Trinajstić information content (AvgIpc) is 2.46. The summed E-state index contributed by atoms with van der Waals surface area (Å²) in [4.78, 5) is 15.6. The molecule has 0 radical (unpaired) electrons. The molecule has 0 atom stereocenters. The summed E-state index contributed by atoms with van der Waals surface area (Å²) in [5.74, 6) is 2.67. The fraction of sp³-hybridized carbons (Fsp3) is 0.357. The van der Waals surface area contributed by atoms with Crippen molar-refractivity contribution < 1.29 is 0 Å². The van der Waals surface area contributed by atoms with Gasteiger partial charge in [0.2, 0.25) is 0 Å². The minimum absolute atomic E-state index is 0.818. The Morgan fingerprint density at radius 1 is 1.26 bits per heavy atom. The van der Waals surface area contributed by atoms with Gasteiger partial charge in [-0.1, -0.05) is 6.07 Å². The highest BCUT2D eigenvalue weighted by Gasteiger charge is 2.19. The van der Waals surface area contributed by atoms with Crippen molar-refractivity contribution in [3.8, 4) is 0 Å². The molecule has 3 rings (SSSR count). The lowest BCUT2D eigenvalue weighted by Crippen LogP contribution is -2.28. The topological polar surface area (TPSA) is 53.9 Å². The van der Waals surface area contributed by atoms with Gasteiger partial charge in [0.05, 0.1) is 5.69 Å². The third kappa shape index (κ3) is 2.29. The first-order valence-corrected chi connectivity index (χ1v) is 6.47. The molecular weight excluding hydrogens is 238 g/mol. The van der Waals surface area contributed by atoms with Crippen molar-refractivity contribution in [2.24, 2.45) is 0 Å². The van der Waals surface area contributed by atoms with Crippen LogP contribution in [0.2, 0.25) is 0 Å². The molecule has 2 aromatic heterocycles. The number of nitrogens with one attached hydrogen (secondary N) is 1. The number of aryl methyl sites for hydroxylation is 1. The van der Waals surface area contributed by atoms with E-state index in [9.17, 15) is 0 Å². The van der Waals surface area contributed by atoms with E-state index in [0.29, 0.717) is 0 Å². The van der Waals surface area contributed by atoms with Gasteiger partial charge in [-0.2, -0.15) is 0 Å². The Kier molecular flexibility index (Phi) is 3.13. The molecule has 0 spiro atoms. The van der Waals surface area contributed by atoms with Crippen LogP contribution in [0.3, 0.4) is 0 Å². The van der Waals surface area contributed by atoms with Crippen LogP contribution < -0.4 is 10.2 Å². The zero-order chi connectivity index (χ0) is 13.2. The second-order valence-electron chi connectivity index (χ2n) is 4.69. The van der Waals surface area contributed by atoms with Gasteiger partial charge in [-0.05, 0) is 19.1 Å². The molecule has 0 amide bonds. The van der Waals surface area contributed by atoms with Crippen LogP contribution >= 0.6 is 0 Å². The van der Waals surface area contributed by atoms with E-state index >= 15 is 0 Å². The van der Waals surface area contributed by atoms with Crippen LogP contribution in [-0.4, -0.2) is 28.5 Å². The number of nitrogens with zero attached hydrogens (tertiary/aromatic N) is 4. The number of hydrogen-bond donors (Lipinski definition) is 1. The van der Waals surface area contributed by atoms with Gasteiger partial charge in [0.15, 0.2) is 0 Å². The van der Waals surface area contributed by atoms with Crippen LogP contribution in [0.5, 0.6) is 0 Å². The van der Waals surface area contributed by atoms with E-state index in [4.69, 9.17) is 0 Å². The molecule has 5 heteroatoms. The molecule has 1 aliphatic rings. The highest BCUT2D eigenvalue weighted by Crippen LogP contribution is 2.26. The monoisotopic (exact) mass is 255 g/mol. The zero-order valence-corrected chi connectivity index (χ0v) is 11.2. The Hall–Kier alpha value is -2.01. The number of hydrogen-bond acceptors (Lipinski definition) is 5. The first-order chi connectivity index (χ1) is 9.25. The predicted octanol–water partition coefficient (Wildman–Crippen LogP) is 1.59. The number of aromatic nitrogens is 3. The molecule has 0 unspecified atom stereocenters. The van der Waals surface area contributed by atoms with Crippen molar-refractivity contribution >= 4 is 11.6 Å². The van der Waals surface area contributed by atoms with Gasteiger partial charge in [-0.15, -0.1) is 0 Å². The van der Waals surface area contributed by atoms with Crippen molar-refractivity contribution in [3.63, 3.8) is 0 Å². The van der Waals surface area contributed by atoms with Crippen LogP contribution in [0.25, 0.3) is 0 Å². The number of anilines is 2. The minimum Gasteiger partial charge on any atom is -0.314 e. The maximum atomic E-state index is 4.60. The number of pyridine rings is 1. The first-order valence-electron chi connectivity index (χ1n) is 6.47. The Bertz CT molecular complexity index is 582. The van der Waals surface area contributed by atoms with Crippen LogP contribution in [-0.2, 0) is 13.0 Å². The van der Waals surface area contributed by atoms with E-state index in [-0.39, 0.29) is 0 Å². The second kappa shape index (κ2) is 4.93. The number of fused-ring (bicyclic) bond motifs is 1. The Balaban J connectivity index is 2.07. The van der Waals surface area contributed by atoms with E-state index in [1.807, 2.05) is 37.1 Å². The van der Waals surface area contributed by atoms with Gasteiger partial charge < -0.3 is 10.2 Å². The Morgan fingerprint density at radius 2 is 2.16 bits per heavy atom. The zero-order valence-electron chi connectivity index (χ0n) is 11.2. The molecule has 1 aliphatic heterocycles. The average molecular weight is 255 g/mol. The lowest BCUT2D eigenvalue weighted by atomic mass is 10.1. The van der Waals surface area contributed by atoms with E-state index in [1.54, 1.807) is 6.20 Å². The SMILES string of the molecule is Cc1nc2c(c(N(C)c3ccccn3)n1)CNCC2. The normalized spacial score (nSPS) is 14.0. The van der Waals surface area contributed by atoms with Crippen LogP contribution in [0, 0.1) is 6.92 Å². The maximum Gasteiger partial charge on any atom is 0.142 e. The molecule has 3 heterocycles. The fourth-order valence-corrected chi connectivity index (χ4v) is 2.38. The largest absolute Gasteiger partial charge is 0.314 e. The fourth-order valence-electron chi connectivity index (χ4n) is 2.38. The lowest BCUT2D eigenvalue weighted by molar-refractivity contribution is 0.622. The van der Waals surface area contributed by atoms with Crippen molar-refractivity contribution in [3.05, 3.63) is 41.5 Å². The molecule has 0 saturated heterocycles. The van der Waals surface area contributed by atoms with Crippen LogP contribution in [0.4, 0.5) is 11.6 Å². The van der Waals surface area contributed by atoms with Gasteiger partial charge in [0.1, 0.15) is 17.5 Å².